The highest BCUT2D eigenvalue weighted by Crippen LogP contribution is 2.45. The average Bonchev–Trinajstić information content (AvgIpc) is 3.03. The summed E-state index contributed by atoms with van der Waals surface area (Å²) in [7, 11) is 0. The maximum Gasteiger partial charge on any atom is 0.304 e. The number of carbonyl (C=O) groups excluding carboxylic acids is 1. The van der Waals surface area contributed by atoms with E-state index in [1.165, 1.54) is 0 Å². The van der Waals surface area contributed by atoms with Crippen LogP contribution in [0.2, 0.25) is 0 Å². The molecule has 1 aliphatic rings. The molecule has 30 heavy (non-hydrogen) atoms. The zero-order valence-electron chi connectivity index (χ0n) is 16.4. The fourth-order valence-corrected chi connectivity index (χ4v) is 3.84. The van der Waals surface area contributed by atoms with Crippen molar-refractivity contribution >= 4 is 17.6 Å². The highest BCUT2D eigenvalue weighted by Gasteiger charge is 2.40. The number of anilines is 1. The number of carboxylic acids is 1. The summed E-state index contributed by atoms with van der Waals surface area (Å²) in [5.41, 5.74) is 2.96. The predicted octanol–water partition coefficient (Wildman–Crippen LogP) is 3.66. The molecule has 3 aromatic rings. The number of nitrogens with zero attached hydrogens (tertiary/aromatic N) is 3. The number of fused-ring (bicyclic) bond motifs is 1. The number of amides is 1. The van der Waals surface area contributed by atoms with Crippen molar-refractivity contribution in [2.45, 2.75) is 31.9 Å². The number of pyridine rings is 2. The summed E-state index contributed by atoms with van der Waals surface area (Å²) in [5, 5.41) is 9.43. The first-order valence-corrected chi connectivity index (χ1v) is 9.65. The maximum absolute atomic E-state index is 13.2. The van der Waals surface area contributed by atoms with Crippen LogP contribution in [0.3, 0.4) is 0 Å². The summed E-state index contributed by atoms with van der Waals surface area (Å²) in [6.45, 7) is 2.23. The Hall–Kier alpha value is -3.74. The van der Waals surface area contributed by atoms with Crippen LogP contribution in [0.4, 0.5) is 5.69 Å². The minimum atomic E-state index is -0.905. The lowest BCUT2D eigenvalue weighted by molar-refractivity contribution is -0.137. The summed E-state index contributed by atoms with van der Waals surface area (Å²) in [5.74, 6) is -0.788. The molecule has 2 unspecified atom stereocenters. The van der Waals surface area contributed by atoms with E-state index in [4.69, 9.17) is 4.74 Å². The molecule has 2 aromatic heterocycles. The van der Waals surface area contributed by atoms with Gasteiger partial charge in [0.05, 0.1) is 6.42 Å². The molecule has 0 saturated heterocycles. The first-order chi connectivity index (χ1) is 14.5. The Morgan fingerprint density at radius 1 is 1.10 bits per heavy atom. The monoisotopic (exact) mass is 403 g/mol. The SMILES string of the molecule is CC1C(CC(=O)O)c2cc(OCc3cccnc3)ccc2N1C(=O)c1ccncc1. The Kier molecular flexibility index (Phi) is 5.43. The van der Waals surface area contributed by atoms with Gasteiger partial charge < -0.3 is 14.7 Å². The Balaban J connectivity index is 1.65. The molecule has 152 valence electrons. The van der Waals surface area contributed by atoms with Gasteiger partial charge in [-0.05, 0) is 48.9 Å². The topological polar surface area (TPSA) is 92.6 Å². The van der Waals surface area contributed by atoms with E-state index in [0.717, 1.165) is 11.1 Å². The molecule has 0 saturated carbocycles. The fourth-order valence-electron chi connectivity index (χ4n) is 3.84. The molecule has 0 spiro atoms. The van der Waals surface area contributed by atoms with Crippen molar-refractivity contribution < 1.29 is 19.4 Å². The Morgan fingerprint density at radius 3 is 2.60 bits per heavy atom. The van der Waals surface area contributed by atoms with E-state index in [0.29, 0.717) is 23.6 Å². The highest BCUT2D eigenvalue weighted by molar-refractivity contribution is 6.08. The van der Waals surface area contributed by atoms with Crippen molar-refractivity contribution in [2.24, 2.45) is 0 Å². The molecule has 0 aliphatic carbocycles. The highest BCUT2D eigenvalue weighted by atomic mass is 16.5. The lowest BCUT2D eigenvalue weighted by atomic mass is 9.92. The van der Waals surface area contributed by atoms with E-state index in [9.17, 15) is 14.7 Å². The van der Waals surface area contributed by atoms with E-state index >= 15 is 0 Å². The lowest BCUT2D eigenvalue weighted by Crippen LogP contribution is -2.37. The minimum absolute atomic E-state index is 0.0691. The van der Waals surface area contributed by atoms with Crippen molar-refractivity contribution in [1.82, 2.24) is 9.97 Å². The molecule has 2 atom stereocenters. The summed E-state index contributed by atoms with van der Waals surface area (Å²) in [4.78, 5) is 34.4. The summed E-state index contributed by atoms with van der Waals surface area (Å²) in [6.07, 6.45) is 6.50. The van der Waals surface area contributed by atoms with Crippen molar-refractivity contribution in [1.29, 1.82) is 0 Å². The van der Waals surface area contributed by atoms with Crippen LogP contribution in [-0.4, -0.2) is 33.0 Å². The smallest absolute Gasteiger partial charge is 0.304 e. The van der Waals surface area contributed by atoms with Crippen LogP contribution in [0.1, 0.15) is 40.7 Å². The minimum Gasteiger partial charge on any atom is -0.489 e. The van der Waals surface area contributed by atoms with Crippen LogP contribution < -0.4 is 9.64 Å². The maximum atomic E-state index is 13.2. The summed E-state index contributed by atoms with van der Waals surface area (Å²) < 4.78 is 5.89. The number of aliphatic carboxylic acids is 1. The molecule has 0 bridgehead atoms. The Bertz CT molecular complexity index is 1060. The standard InChI is InChI=1S/C23H21N3O4/c1-15-19(12-22(27)28)20-11-18(30-14-16-3-2-8-25-13-16)4-5-21(20)26(15)23(29)17-6-9-24-10-7-17/h2-11,13,15,19H,12,14H2,1H3,(H,27,28). The molecule has 4 rings (SSSR count). The van der Waals surface area contributed by atoms with Gasteiger partial charge in [0.25, 0.3) is 5.91 Å². The first kappa shape index (κ1) is 19.6. The van der Waals surface area contributed by atoms with Gasteiger partial charge in [-0.3, -0.25) is 19.6 Å². The Labute approximate surface area is 174 Å². The third-order valence-corrected chi connectivity index (χ3v) is 5.32. The molecule has 7 heteroatoms. The number of carbonyl (C=O) groups is 2. The Morgan fingerprint density at radius 2 is 1.90 bits per heavy atom. The van der Waals surface area contributed by atoms with Crippen LogP contribution in [0.15, 0.2) is 67.3 Å². The second-order valence-electron chi connectivity index (χ2n) is 7.23. The molecule has 3 heterocycles. The average molecular weight is 403 g/mol. The van der Waals surface area contributed by atoms with Gasteiger partial charge in [-0.2, -0.15) is 0 Å². The van der Waals surface area contributed by atoms with Crippen molar-refractivity contribution in [3.8, 4) is 5.75 Å². The molecule has 7 nitrogen and oxygen atoms in total. The van der Waals surface area contributed by atoms with Crippen LogP contribution in [0, 0.1) is 0 Å². The number of hydrogen-bond acceptors (Lipinski definition) is 5. The van der Waals surface area contributed by atoms with E-state index in [1.807, 2.05) is 31.2 Å². The second-order valence-corrected chi connectivity index (χ2v) is 7.23. The van der Waals surface area contributed by atoms with Gasteiger partial charge in [0.2, 0.25) is 0 Å². The third-order valence-electron chi connectivity index (χ3n) is 5.32. The molecule has 0 fully saturated rings. The fraction of sp³-hybridized carbons (Fsp3) is 0.217. The number of carboxylic acid groups (broad SMARTS) is 1. The van der Waals surface area contributed by atoms with Crippen LogP contribution in [0.25, 0.3) is 0 Å². The van der Waals surface area contributed by atoms with Gasteiger partial charge in [-0.15, -0.1) is 0 Å². The summed E-state index contributed by atoms with van der Waals surface area (Å²) >= 11 is 0. The van der Waals surface area contributed by atoms with Crippen LogP contribution in [-0.2, 0) is 11.4 Å². The molecule has 0 radical (unpaired) electrons. The number of hydrogen-bond donors (Lipinski definition) is 1. The molecule has 1 aromatic carbocycles. The van der Waals surface area contributed by atoms with E-state index in [1.54, 1.807) is 47.9 Å². The quantitative estimate of drug-likeness (QED) is 0.675. The van der Waals surface area contributed by atoms with Gasteiger partial charge in [0, 0.05) is 53.6 Å². The molecular weight excluding hydrogens is 382 g/mol. The summed E-state index contributed by atoms with van der Waals surface area (Å²) in [6, 6.07) is 12.2. The number of benzene rings is 1. The normalized spacial score (nSPS) is 17.4. The molecule has 1 aliphatic heterocycles. The van der Waals surface area contributed by atoms with Crippen molar-refractivity contribution in [3.05, 3.63) is 83.9 Å². The van der Waals surface area contributed by atoms with Gasteiger partial charge in [0.1, 0.15) is 12.4 Å². The number of ether oxygens (including phenoxy) is 1. The van der Waals surface area contributed by atoms with Gasteiger partial charge in [0.15, 0.2) is 0 Å². The van der Waals surface area contributed by atoms with Crippen LogP contribution >= 0.6 is 0 Å². The van der Waals surface area contributed by atoms with E-state index < -0.39 is 5.97 Å². The van der Waals surface area contributed by atoms with Crippen molar-refractivity contribution in [3.63, 3.8) is 0 Å². The van der Waals surface area contributed by atoms with Gasteiger partial charge >= 0.3 is 5.97 Å². The van der Waals surface area contributed by atoms with Gasteiger partial charge in [-0.25, -0.2) is 0 Å². The third kappa shape index (κ3) is 3.87. The molecule has 1 amide bonds. The van der Waals surface area contributed by atoms with E-state index in [-0.39, 0.29) is 24.3 Å². The number of rotatable bonds is 6. The largest absolute Gasteiger partial charge is 0.489 e. The number of aromatic nitrogens is 2. The molecular formula is C23H21N3O4. The zero-order valence-corrected chi connectivity index (χ0v) is 16.4. The predicted molar refractivity (Wildman–Crippen MR) is 111 cm³/mol. The lowest BCUT2D eigenvalue weighted by Gasteiger charge is -2.25. The van der Waals surface area contributed by atoms with Crippen molar-refractivity contribution in [2.75, 3.05) is 4.90 Å². The van der Waals surface area contributed by atoms with Gasteiger partial charge in [-0.1, -0.05) is 6.07 Å². The van der Waals surface area contributed by atoms with E-state index in [2.05, 4.69) is 9.97 Å². The molecule has 1 N–H and O–H groups in total. The first-order valence-electron chi connectivity index (χ1n) is 9.65. The van der Waals surface area contributed by atoms with Crippen LogP contribution in [0.5, 0.6) is 5.75 Å². The zero-order chi connectivity index (χ0) is 21.1. The second kappa shape index (κ2) is 8.32.